The highest BCUT2D eigenvalue weighted by Gasteiger charge is 2.35. The molecule has 0 aliphatic carbocycles. The van der Waals surface area contributed by atoms with Crippen LogP contribution in [0.2, 0.25) is 0 Å². The molecule has 4 heteroatoms. The lowest BCUT2D eigenvalue weighted by Crippen LogP contribution is -2.42. The van der Waals surface area contributed by atoms with E-state index in [1.165, 1.54) is 0 Å². The van der Waals surface area contributed by atoms with E-state index < -0.39 is 5.41 Å². The minimum Gasteiger partial charge on any atom is -0.380 e. The summed E-state index contributed by atoms with van der Waals surface area (Å²) in [6.45, 7) is 6.18. The van der Waals surface area contributed by atoms with Gasteiger partial charge in [-0.25, -0.2) is 0 Å². The molecule has 0 aromatic carbocycles. The van der Waals surface area contributed by atoms with Crippen LogP contribution in [0.3, 0.4) is 0 Å². The van der Waals surface area contributed by atoms with Crippen LogP contribution in [0.5, 0.6) is 0 Å². The van der Waals surface area contributed by atoms with Gasteiger partial charge in [0.15, 0.2) is 0 Å². The number of nitrogens with zero attached hydrogens (tertiary/aromatic N) is 2. The number of hydrogen-bond donors (Lipinski definition) is 0. The summed E-state index contributed by atoms with van der Waals surface area (Å²) in [5, 5.41) is 9.03. The zero-order valence-electron chi connectivity index (χ0n) is 9.45. The van der Waals surface area contributed by atoms with E-state index >= 15 is 0 Å². The van der Waals surface area contributed by atoms with Crippen LogP contribution in [0.15, 0.2) is 0 Å². The Balaban J connectivity index is 2.69. The normalized spacial score (nSPS) is 21.3. The summed E-state index contributed by atoms with van der Waals surface area (Å²) in [6.07, 6.45) is 1.41. The Morgan fingerprint density at radius 1 is 1.53 bits per heavy atom. The average Bonchev–Trinajstić information content (AvgIpc) is 2.55. The summed E-state index contributed by atoms with van der Waals surface area (Å²) < 4.78 is 5.28. The molecule has 0 aromatic rings. The van der Waals surface area contributed by atoms with Gasteiger partial charge < -0.3 is 9.64 Å². The van der Waals surface area contributed by atoms with E-state index in [4.69, 9.17) is 10.00 Å². The molecule has 1 rings (SSSR count). The Morgan fingerprint density at radius 2 is 2.27 bits per heavy atom. The van der Waals surface area contributed by atoms with Gasteiger partial charge in [0.25, 0.3) is 0 Å². The maximum atomic E-state index is 12.1. The van der Waals surface area contributed by atoms with Crippen LogP contribution in [-0.2, 0) is 9.53 Å². The van der Waals surface area contributed by atoms with Crippen molar-refractivity contribution in [2.45, 2.75) is 26.7 Å². The third-order valence-electron chi connectivity index (χ3n) is 2.94. The van der Waals surface area contributed by atoms with Gasteiger partial charge in [-0.1, -0.05) is 6.92 Å². The summed E-state index contributed by atoms with van der Waals surface area (Å²) in [5.74, 6) is -0.0574. The smallest absolute Gasteiger partial charge is 0.242 e. The van der Waals surface area contributed by atoms with Gasteiger partial charge in [-0.2, -0.15) is 5.26 Å². The van der Waals surface area contributed by atoms with E-state index in [2.05, 4.69) is 6.07 Å². The standard InChI is InChI=1S/C11H18N2O2/c1-3-11(2,9-12)10(14)13-5-4-7-15-8-6-13/h3-8H2,1-2H3. The van der Waals surface area contributed by atoms with Gasteiger partial charge in [0.05, 0.1) is 12.7 Å². The number of nitriles is 1. The van der Waals surface area contributed by atoms with Crippen molar-refractivity contribution in [1.82, 2.24) is 4.90 Å². The highest BCUT2D eigenvalue weighted by atomic mass is 16.5. The molecule has 0 spiro atoms. The summed E-state index contributed by atoms with van der Waals surface area (Å²) >= 11 is 0. The SMILES string of the molecule is CCC(C)(C#N)C(=O)N1CCCOCC1. The number of carbonyl (C=O) groups excluding carboxylic acids is 1. The van der Waals surface area contributed by atoms with Crippen molar-refractivity contribution in [3.63, 3.8) is 0 Å². The molecule has 15 heavy (non-hydrogen) atoms. The number of ether oxygens (including phenoxy) is 1. The third kappa shape index (κ3) is 2.69. The molecule has 1 aliphatic rings. The first-order valence-electron chi connectivity index (χ1n) is 5.42. The first-order valence-corrected chi connectivity index (χ1v) is 5.42. The van der Waals surface area contributed by atoms with Crippen molar-refractivity contribution in [3.05, 3.63) is 0 Å². The van der Waals surface area contributed by atoms with Crippen LogP contribution in [0.1, 0.15) is 26.7 Å². The summed E-state index contributed by atoms with van der Waals surface area (Å²) in [7, 11) is 0. The summed E-state index contributed by atoms with van der Waals surface area (Å²) in [4.78, 5) is 13.8. The van der Waals surface area contributed by atoms with Crippen molar-refractivity contribution in [2.24, 2.45) is 5.41 Å². The van der Waals surface area contributed by atoms with Crippen LogP contribution in [0, 0.1) is 16.7 Å². The molecule has 0 N–H and O–H groups in total. The molecular weight excluding hydrogens is 192 g/mol. The fraction of sp³-hybridized carbons (Fsp3) is 0.818. The van der Waals surface area contributed by atoms with Gasteiger partial charge in [0.2, 0.25) is 5.91 Å². The van der Waals surface area contributed by atoms with Crippen LogP contribution < -0.4 is 0 Å². The van der Waals surface area contributed by atoms with Crippen LogP contribution in [0.4, 0.5) is 0 Å². The van der Waals surface area contributed by atoms with Gasteiger partial charge in [-0.05, 0) is 19.8 Å². The Bertz CT molecular complexity index is 264. The van der Waals surface area contributed by atoms with E-state index in [0.29, 0.717) is 32.7 Å². The van der Waals surface area contributed by atoms with Crippen LogP contribution in [-0.4, -0.2) is 37.1 Å². The predicted octanol–water partition coefficient (Wildman–Crippen LogP) is 1.18. The molecule has 1 fully saturated rings. The zero-order valence-corrected chi connectivity index (χ0v) is 9.45. The van der Waals surface area contributed by atoms with Crippen LogP contribution >= 0.6 is 0 Å². The molecule has 1 saturated heterocycles. The first-order chi connectivity index (χ1) is 7.14. The molecule has 0 aromatic heterocycles. The van der Waals surface area contributed by atoms with E-state index in [1.54, 1.807) is 11.8 Å². The Hall–Kier alpha value is -1.08. The molecule has 1 amide bonds. The third-order valence-corrected chi connectivity index (χ3v) is 2.94. The van der Waals surface area contributed by atoms with E-state index in [-0.39, 0.29) is 5.91 Å². The van der Waals surface area contributed by atoms with Crippen molar-refractivity contribution < 1.29 is 9.53 Å². The second kappa shape index (κ2) is 5.13. The highest BCUT2D eigenvalue weighted by molar-refractivity contribution is 5.85. The fourth-order valence-electron chi connectivity index (χ4n) is 1.58. The quantitative estimate of drug-likeness (QED) is 0.687. The summed E-state index contributed by atoms with van der Waals surface area (Å²) in [6, 6.07) is 2.11. The van der Waals surface area contributed by atoms with Gasteiger partial charge >= 0.3 is 0 Å². The average molecular weight is 210 g/mol. The van der Waals surface area contributed by atoms with Crippen LogP contribution in [0.25, 0.3) is 0 Å². The first kappa shape index (κ1) is 12.0. The Kier molecular flexibility index (Phi) is 4.10. The monoisotopic (exact) mass is 210 g/mol. The molecule has 84 valence electrons. The van der Waals surface area contributed by atoms with Crippen molar-refractivity contribution in [2.75, 3.05) is 26.3 Å². The number of rotatable bonds is 2. The molecule has 0 bridgehead atoms. The Morgan fingerprint density at radius 3 is 2.87 bits per heavy atom. The van der Waals surface area contributed by atoms with Gasteiger partial charge in [0, 0.05) is 19.7 Å². The zero-order chi connectivity index (χ0) is 11.3. The Labute approximate surface area is 90.8 Å². The molecule has 4 nitrogen and oxygen atoms in total. The van der Waals surface area contributed by atoms with Crippen molar-refractivity contribution in [3.8, 4) is 6.07 Å². The van der Waals surface area contributed by atoms with E-state index in [1.807, 2.05) is 6.92 Å². The summed E-state index contributed by atoms with van der Waals surface area (Å²) in [5.41, 5.74) is -0.871. The topological polar surface area (TPSA) is 53.3 Å². The van der Waals surface area contributed by atoms with Gasteiger partial charge in [-0.3, -0.25) is 4.79 Å². The van der Waals surface area contributed by atoms with Crippen molar-refractivity contribution in [1.29, 1.82) is 5.26 Å². The maximum absolute atomic E-state index is 12.1. The minimum absolute atomic E-state index is 0.0574. The number of hydrogen-bond acceptors (Lipinski definition) is 3. The molecule has 1 unspecified atom stereocenters. The second-order valence-electron chi connectivity index (χ2n) is 4.06. The fourth-order valence-corrected chi connectivity index (χ4v) is 1.58. The van der Waals surface area contributed by atoms with E-state index in [9.17, 15) is 4.79 Å². The van der Waals surface area contributed by atoms with Gasteiger partial charge in [0.1, 0.15) is 5.41 Å². The largest absolute Gasteiger partial charge is 0.380 e. The molecule has 1 aliphatic heterocycles. The molecule has 1 heterocycles. The number of carbonyl (C=O) groups is 1. The highest BCUT2D eigenvalue weighted by Crippen LogP contribution is 2.23. The lowest BCUT2D eigenvalue weighted by atomic mass is 9.87. The van der Waals surface area contributed by atoms with Crippen molar-refractivity contribution >= 4 is 5.91 Å². The molecular formula is C11H18N2O2. The number of amides is 1. The molecule has 0 saturated carbocycles. The van der Waals surface area contributed by atoms with E-state index in [0.717, 1.165) is 6.42 Å². The minimum atomic E-state index is -0.871. The molecule has 1 atom stereocenters. The lowest BCUT2D eigenvalue weighted by Gasteiger charge is -2.27. The second-order valence-corrected chi connectivity index (χ2v) is 4.06. The predicted molar refractivity (Wildman–Crippen MR) is 56.0 cm³/mol. The maximum Gasteiger partial charge on any atom is 0.242 e. The van der Waals surface area contributed by atoms with Gasteiger partial charge in [-0.15, -0.1) is 0 Å². The lowest BCUT2D eigenvalue weighted by molar-refractivity contribution is -0.138. The molecule has 0 radical (unpaired) electrons.